The van der Waals surface area contributed by atoms with Crippen LogP contribution in [0.25, 0.3) is 0 Å². The highest BCUT2D eigenvalue weighted by Crippen LogP contribution is 2.29. The van der Waals surface area contributed by atoms with Crippen LogP contribution in [0.15, 0.2) is 54.6 Å². The molecule has 1 atom stereocenters. The van der Waals surface area contributed by atoms with Crippen LogP contribution in [-0.4, -0.2) is 49.6 Å². The summed E-state index contributed by atoms with van der Waals surface area (Å²) in [5, 5.41) is 0.805. The summed E-state index contributed by atoms with van der Waals surface area (Å²) in [6, 6.07) is 19.2. The summed E-state index contributed by atoms with van der Waals surface area (Å²) < 4.78 is 0. The number of hydrogen-bond donors (Lipinski definition) is 0. The Hall–Kier alpha value is -1.35. The van der Waals surface area contributed by atoms with Crippen molar-refractivity contribution in [3.8, 4) is 0 Å². The van der Waals surface area contributed by atoms with Crippen LogP contribution in [0.4, 0.5) is 0 Å². The van der Waals surface area contributed by atoms with Gasteiger partial charge >= 0.3 is 0 Å². The summed E-state index contributed by atoms with van der Waals surface area (Å²) in [5.41, 5.74) is 2.75. The zero-order valence-corrected chi connectivity index (χ0v) is 14.5. The molecule has 0 unspecified atom stereocenters. The van der Waals surface area contributed by atoms with E-state index in [2.05, 4.69) is 59.3 Å². The first-order chi connectivity index (χ1) is 11.2. The molecule has 122 valence electrons. The Morgan fingerprint density at radius 2 is 1.48 bits per heavy atom. The largest absolute Gasteiger partial charge is 0.304 e. The molecule has 2 nitrogen and oxygen atoms in total. The maximum atomic E-state index is 6.06. The average molecular weight is 329 g/mol. The van der Waals surface area contributed by atoms with E-state index in [9.17, 15) is 0 Å². The quantitative estimate of drug-likeness (QED) is 0.815. The molecule has 0 radical (unpaired) electrons. The van der Waals surface area contributed by atoms with E-state index in [0.717, 1.165) is 18.0 Å². The third-order valence-electron chi connectivity index (χ3n) is 4.80. The second-order valence-corrected chi connectivity index (χ2v) is 6.88. The first kappa shape index (κ1) is 16.5. The second kappa shape index (κ2) is 7.96. The van der Waals surface area contributed by atoms with Gasteiger partial charge < -0.3 is 9.80 Å². The summed E-state index contributed by atoms with van der Waals surface area (Å²) in [5.74, 6) is 0.438. The molecule has 3 heteroatoms. The van der Waals surface area contributed by atoms with Crippen molar-refractivity contribution in [2.45, 2.75) is 12.3 Å². The van der Waals surface area contributed by atoms with Gasteiger partial charge in [0, 0.05) is 37.1 Å². The molecule has 0 spiro atoms. The van der Waals surface area contributed by atoms with E-state index in [1.165, 1.54) is 37.3 Å². The fourth-order valence-electron chi connectivity index (χ4n) is 3.29. The highest BCUT2D eigenvalue weighted by Gasteiger charge is 2.18. The number of hydrogen-bond acceptors (Lipinski definition) is 2. The maximum Gasteiger partial charge on any atom is 0.0406 e. The summed E-state index contributed by atoms with van der Waals surface area (Å²) in [7, 11) is 2.21. The van der Waals surface area contributed by atoms with E-state index in [4.69, 9.17) is 11.6 Å². The lowest BCUT2D eigenvalue weighted by Gasteiger charge is -2.33. The summed E-state index contributed by atoms with van der Waals surface area (Å²) >= 11 is 6.06. The van der Waals surface area contributed by atoms with Crippen LogP contribution >= 0.6 is 11.6 Å². The Morgan fingerprint density at radius 3 is 2.13 bits per heavy atom. The highest BCUT2D eigenvalue weighted by atomic mass is 35.5. The molecule has 1 aliphatic rings. The predicted molar refractivity (Wildman–Crippen MR) is 98.3 cm³/mol. The molecule has 1 saturated heterocycles. The minimum atomic E-state index is 0.438. The molecule has 0 bridgehead atoms. The molecular formula is C20H25ClN2. The Labute approximate surface area is 144 Å². The number of halogens is 1. The standard InChI is InChI=1S/C20H25ClN2/c1-22-13-15-23(16-14-22)12-11-20(17-5-3-2-4-6-17)18-7-9-19(21)10-8-18/h2-10,20H,11-16H2,1H3/t20-/m1/s1. The van der Waals surface area contributed by atoms with Crippen molar-refractivity contribution in [3.05, 3.63) is 70.7 Å². The van der Waals surface area contributed by atoms with E-state index in [1.54, 1.807) is 0 Å². The number of piperazine rings is 1. The van der Waals surface area contributed by atoms with E-state index >= 15 is 0 Å². The van der Waals surface area contributed by atoms with Crippen LogP contribution in [0.5, 0.6) is 0 Å². The first-order valence-electron chi connectivity index (χ1n) is 8.43. The fraction of sp³-hybridized carbons (Fsp3) is 0.400. The van der Waals surface area contributed by atoms with E-state index < -0.39 is 0 Å². The van der Waals surface area contributed by atoms with E-state index in [-0.39, 0.29) is 0 Å². The van der Waals surface area contributed by atoms with Crippen LogP contribution < -0.4 is 0 Å². The van der Waals surface area contributed by atoms with Crippen molar-refractivity contribution in [3.63, 3.8) is 0 Å². The fourth-order valence-corrected chi connectivity index (χ4v) is 3.42. The maximum absolute atomic E-state index is 6.06. The highest BCUT2D eigenvalue weighted by molar-refractivity contribution is 6.30. The van der Waals surface area contributed by atoms with Gasteiger partial charge in [-0.25, -0.2) is 0 Å². The molecule has 0 amide bonds. The Morgan fingerprint density at radius 1 is 0.870 bits per heavy atom. The molecule has 2 aromatic rings. The number of likely N-dealkylation sites (N-methyl/N-ethyl adjacent to an activating group) is 1. The van der Waals surface area contributed by atoms with Gasteiger partial charge in [-0.2, -0.15) is 0 Å². The summed E-state index contributed by atoms with van der Waals surface area (Å²) in [6.07, 6.45) is 1.15. The number of nitrogens with zero attached hydrogens (tertiary/aromatic N) is 2. The molecule has 0 aromatic heterocycles. The summed E-state index contributed by atoms with van der Waals surface area (Å²) in [4.78, 5) is 5.00. The predicted octanol–water partition coefficient (Wildman–Crippen LogP) is 4.11. The molecule has 2 aromatic carbocycles. The third-order valence-corrected chi connectivity index (χ3v) is 5.06. The van der Waals surface area contributed by atoms with Crippen molar-refractivity contribution in [1.29, 1.82) is 0 Å². The van der Waals surface area contributed by atoms with Crippen molar-refractivity contribution >= 4 is 11.6 Å². The van der Waals surface area contributed by atoms with Crippen molar-refractivity contribution in [2.75, 3.05) is 39.8 Å². The van der Waals surface area contributed by atoms with Crippen LogP contribution in [-0.2, 0) is 0 Å². The second-order valence-electron chi connectivity index (χ2n) is 6.45. The molecule has 3 rings (SSSR count). The SMILES string of the molecule is CN1CCN(CC[C@H](c2ccccc2)c2ccc(Cl)cc2)CC1. The Kier molecular flexibility index (Phi) is 5.71. The molecular weight excluding hydrogens is 304 g/mol. The molecule has 1 fully saturated rings. The lowest BCUT2D eigenvalue weighted by molar-refractivity contribution is 0.151. The van der Waals surface area contributed by atoms with E-state index in [0.29, 0.717) is 5.92 Å². The zero-order valence-electron chi connectivity index (χ0n) is 13.8. The van der Waals surface area contributed by atoms with Gasteiger partial charge in [-0.3, -0.25) is 0 Å². The van der Waals surface area contributed by atoms with Gasteiger partial charge in [-0.15, -0.1) is 0 Å². The monoisotopic (exact) mass is 328 g/mol. The minimum Gasteiger partial charge on any atom is -0.304 e. The van der Waals surface area contributed by atoms with Crippen molar-refractivity contribution in [1.82, 2.24) is 9.80 Å². The van der Waals surface area contributed by atoms with E-state index in [1.807, 2.05) is 12.1 Å². The topological polar surface area (TPSA) is 6.48 Å². The normalized spacial score (nSPS) is 18.0. The van der Waals surface area contributed by atoms with Crippen LogP contribution in [0, 0.1) is 0 Å². The van der Waals surface area contributed by atoms with Gasteiger partial charge in [-0.1, -0.05) is 54.1 Å². The Balaban J connectivity index is 1.72. The Bertz CT molecular complexity index is 589. The van der Waals surface area contributed by atoms with Gasteiger partial charge in [-0.05, 0) is 43.3 Å². The van der Waals surface area contributed by atoms with Crippen molar-refractivity contribution in [2.24, 2.45) is 0 Å². The number of rotatable bonds is 5. The number of benzene rings is 2. The van der Waals surface area contributed by atoms with Crippen LogP contribution in [0.3, 0.4) is 0 Å². The molecule has 0 N–H and O–H groups in total. The van der Waals surface area contributed by atoms with Gasteiger partial charge in [0.2, 0.25) is 0 Å². The van der Waals surface area contributed by atoms with Gasteiger partial charge in [0.15, 0.2) is 0 Å². The van der Waals surface area contributed by atoms with Crippen LogP contribution in [0.1, 0.15) is 23.5 Å². The van der Waals surface area contributed by atoms with Crippen molar-refractivity contribution < 1.29 is 0 Å². The van der Waals surface area contributed by atoms with Gasteiger partial charge in [0.1, 0.15) is 0 Å². The molecule has 1 heterocycles. The lowest BCUT2D eigenvalue weighted by atomic mass is 9.88. The molecule has 0 aliphatic carbocycles. The lowest BCUT2D eigenvalue weighted by Crippen LogP contribution is -2.44. The molecule has 1 aliphatic heterocycles. The minimum absolute atomic E-state index is 0.438. The first-order valence-corrected chi connectivity index (χ1v) is 8.81. The molecule has 23 heavy (non-hydrogen) atoms. The zero-order chi connectivity index (χ0) is 16.1. The van der Waals surface area contributed by atoms with Crippen LogP contribution in [0.2, 0.25) is 5.02 Å². The smallest absolute Gasteiger partial charge is 0.0406 e. The van der Waals surface area contributed by atoms with Gasteiger partial charge in [0.25, 0.3) is 0 Å². The molecule has 0 saturated carbocycles. The average Bonchev–Trinajstić information content (AvgIpc) is 2.59. The third kappa shape index (κ3) is 4.57. The summed E-state index contributed by atoms with van der Waals surface area (Å²) in [6.45, 7) is 5.86. The van der Waals surface area contributed by atoms with Gasteiger partial charge in [0.05, 0.1) is 0 Å².